The Morgan fingerprint density at radius 3 is 2.15 bits per heavy atom. The van der Waals surface area contributed by atoms with Gasteiger partial charge in [0.1, 0.15) is 11.6 Å². The molecule has 2 aromatic carbocycles. The summed E-state index contributed by atoms with van der Waals surface area (Å²) < 4.78 is 85.3. The lowest BCUT2D eigenvalue weighted by Crippen LogP contribution is -2.51. The van der Waals surface area contributed by atoms with Crippen LogP contribution >= 0.6 is 11.6 Å². The molecule has 0 aromatic heterocycles. The first kappa shape index (κ1) is 35.6. The first-order valence-electron chi connectivity index (χ1n) is 15.2. The Kier molecular flexibility index (Phi) is 10.7. The van der Waals surface area contributed by atoms with Crippen LogP contribution in [0.3, 0.4) is 0 Å². The van der Waals surface area contributed by atoms with E-state index in [2.05, 4.69) is 5.32 Å². The number of esters is 1. The lowest BCUT2D eigenvalue weighted by atomic mass is 9.83. The van der Waals surface area contributed by atoms with E-state index < -0.39 is 79.2 Å². The zero-order valence-corrected chi connectivity index (χ0v) is 26.5. The lowest BCUT2D eigenvalue weighted by Gasteiger charge is -2.31. The second-order valence-corrected chi connectivity index (χ2v) is 13.4. The summed E-state index contributed by atoms with van der Waals surface area (Å²) in [6.07, 6.45) is -12.6. The fraction of sp³-hybridized carbons (Fsp3) is 0.545. The van der Waals surface area contributed by atoms with Crippen molar-refractivity contribution in [3.63, 3.8) is 0 Å². The molecule has 252 valence electrons. The summed E-state index contributed by atoms with van der Waals surface area (Å²) >= 11 is 6.50. The van der Waals surface area contributed by atoms with Crippen LogP contribution in [0, 0.1) is 11.8 Å². The number of alkyl halides is 6. The van der Waals surface area contributed by atoms with Crippen LogP contribution in [-0.4, -0.2) is 48.2 Å². The molecular formula is C33H37ClF6N2O4. The molecule has 0 bridgehead atoms. The van der Waals surface area contributed by atoms with Crippen molar-refractivity contribution in [2.75, 3.05) is 11.4 Å². The van der Waals surface area contributed by atoms with Gasteiger partial charge in [0.2, 0.25) is 5.91 Å². The molecule has 1 aliphatic carbocycles. The molecule has 1 amide bonds. The molecule has 46 heavy (non-hydrogen) atoms. The van der Waals surface area contributed by atoms with Gasteiger partial charge in [-0.15, -0.1) is 0 Å². The number of hydrogen-bond acceptors (Lipinski definition) is 5. The Hall–Kier alpha value is -3.28. The summed E-state index contributed by atoms with van der Waals surface area (Å²) in [4.78, 5) is 42.3. The normalized spacial score (nSPS) is 18.8. The fourth-order valence-electron chi connectivity index (χ4n) is 5.68. The van der Waals surface area contributed by atoms with Crippen LogP contribution in [0.1, 0.15) is 76.3 Å². The zero-order valence-electron chi connectivity index (χ0n) is 25.7. The number of benzene rings is 2. The molecule has 4 rings (SSSR count). The van der Waals surface area contributed by atoms with E-state index in [9.17, 15) is 40.7 Å². The first-order chi connectivity index (χ1) is 21.3. The van der Waals surface area contributed by atoms with Crippen LogP contribution in [0.15, 0.2) is 42.5 Å². The van der Waals surface area contributed by atoms with E-state index in [1.807, 2.05) is 24.3 Å². The maximum absolute atomic E-state index is 13.8. The minimum absolute atomic E-state index is 0.127. The van der Waals surface area contributed by atoms with E-state index in [1.54, 1.807) is 23.1 Å². The largest absolute Gasteiger partial charge is 0.460 e. The van der Waals surface area contributed by atoms with Crippen LogP contribution in [-0.2, 0) is 25.5 Å². The molecule has 2 aromatic rings. The van der Waals surface area contributed by atoms with Crippen molar-refractivity contribution in [1.29, 1.82) is 0 Å². The summed E-state index contributed by atoms with van der Waals surface area (Å²) in [5, 5.41) is 2.82. The zero-order chi connectivity index (χ0) is 34.0. The SMILES string of the molecule is CC(C)(C)OC(=O)[C@@H](CCC(F)(F)F)[C@@H](CCC(F)(F)F)C(=O)N[C@H]1CN(c2cccc(C3CC3)c2)c2cccc(Cl)c2CC1=O. The van der Waals surface area contributed by atoms with Gasteiger partial charge in [-0.3, -0.25) is 14.4 Å². The number of hydrogen-bond donors (Lipinski definition) is 1. The molecule has 6 nitrogen and oxygen atoms in total. The summed E-state index contributed by atoms with van der Waals surface area (Å²) in [5.74, 6) is -6.15. The van der Waals surface area contributed by atoms with Crippen molar-refractivity contribution in [3.8, 4) is 0 Å². The number of ether oxygens (including phenoxy) is 1. The number of fused-ring (bicyclic) bond motifs is 1. The molecule has 0 saturated heterocycles. The topological polar surface area (TPSA) is 75.7 Å². The molecule has 3 atom stereocenters. The van der Waals surface area contributed by atoms with Gasteiger partial charge in [-0.2, -0.15) is 26.3 Å². The van der Waals surface area contributed by atoms with Crippen LogP contribution in [0.2, 0.25) is 5.02 Å². The third-order valence-electron chi connectivity index (χ3n) is 8.05. The van der Waals surface area contributed by atoms with Gasteiger partial charge in [0.05, 0.1) is 18.4 Å². The molecule has 1 fully saturated rings. The average molecular weight is 675 g/mol. The molecule has 1 heterocycles. The average Bonchev–Trinajstić information content (AvgIpc) is 3.78. The van der Waals surface area contributed by atoms with Gasteiger partial charge in [0.15, 0.2) is 5.78 Å². The predicted octanol–water partition coefficient (Wildman–Crippen LogP) is 8.22. The number of rotatable bonds is 10. The number of amides is 1. The van der Waals surface area contributed by atoms with E-state index in [4.69, 9.17) is 16.3 Å². The van der Waals surface area contributed by atoms with Crippen LogP contribution in [0.25, 0.3) is 0 Å². The highest BCUT2D eigenvalue weighted by atomic mass is 35.5. The fourth-order valence-corrected chi connectivity index (χ4v) is 5.92. The Labute approximate surface area is 268 Å². The van der Waals surface area contributed by atoms with Crippen LogP contribution < -0.4 is 10.2 Å². The van der Waals surface area contributed by atoms with Gasteiger partial charge in [-0.1, -0.05) is 29.8 Å². The van der Waals surface area contributed by atoms with Crippen molar-refractivity contribution in [2.45, 2.75) is 95.6 Å². The van der Waals surface area contributed by atoms with E-state index in [1.165, 1.54) is 20.8 Å². The molecule has 0 spiro atoms. The van der Waals surface area contributed by atoms with Gasteiger partial charge in [0, 0.05) is 41.2 Å². The first-order valence-corrected chi connectivity index (χ1v) is 15.5. The van der Waals surface area contributed by atoms with Crippen molar-refractivity contribution >= 4 is 40.6 Å². The van der Waals surface area contributed by atoms with Gasteiger partial charge in [-0.05, 0) is 82.2 Å². The van der Waals surface area contributed by atoms with E-state index in [0.717, 1.165) is 18.4 Å². The molecule has 0 radical (unpaired) electrons. The van der Waals surface area contributed by atoms with Crippen molar-refractivity contribution in [2.24, 2.45) is 11.8 Å². The van der Waals surface area contributed by atoms with E-state index in [0.29, 0.717) is 27.9 Å². The minimum atomic E-state index is -4.76. The highest BCUT2D eigenvalue weighted by Crippen LogP contribution is 2.43. The molecule has 2 aliphatic rings. The number of Topliss-reactive ketones (excluding diaryl/α,β-unsaturated/α-hetero) is 1. The van der Waals surface area contributed by atoms with Gasteiger partial charge in [-0.25, -0.2) is 0 Å². The van der Waals surface area contributed by atoms with Crippen molar-refractivity contribution < 1.29 is 45.5 Å². The molecule has 1 N–H and O–H groups in total. The maximum atomic E-state index is 13.8. The van der Waals surface area contributed by atoms with Gasteiger partial charge >= 0.3 is 18.3 Å². The monoisotopic (exact) mass is 674 g/mol. The smallest absolute Gasteiger partial charge is 0.389 e. The Balaban J connectivity index is 1.69. The summed E-state index contributed by atoms with van der Waals surface area (Å²) in [7, 11) is 0. The van der Waals surface area contributed by atoms with Crippen LogP contribution in [0.4, 0.5) is 37.7 Å². The molecule has 0 unspecified atom stereocenters. The number of carbonyl (C=O) groups excluding carboxylic acids is 3. The summed E-state index contributed by atoms with van der Waals surface area (Å²) in [6, 6.07) is 11.5. The second kappa shape index (κ2) is 13.8. The molecule has 1 aliphatic heterocycles. The number of anilines is 2. The molecule has 13 heteroatoms. The number of ketones is 1. The van der Waals surface area contributed by atoms with Gasteiger partial charge < -0.3 is 15.0 Å². The van der Waals surface area contributed by atoms with Crippen molar-refractivity contribution in [1.82, 2.24) is 5.32 Å². The number of nitrogens with one attached hydrogen (secondary N) is 1. The van der Waals surface area contributed by atoms with Gasteiger partial charge in [0.25, 0.3) is 0 Å². The second-order valence-electron chi connectivity index (χ2n) is 13.0. The third-order valence-corrected chi connectivity index (χ3v) is 8.40. The maximum Gasteiger partial charge on any atom is 0.389 e. The Bertz CT molecular complexity index is 1430. The quantitative estimate of drug-likeness (QED) is 0.203. The van der Waals surface area contributed by atoms with E-state index >= 15 is 0 Å². The highest BCUT2D eigenvalue weighted by Gasteiger charge is 2.43. The van der Waals surface area contributed by atoms with Crippen molar-refractivity contribution in [3.05, 3.63) is 58.6 Å². The predicted molar refractivity (Wildman–Crippen MR) is 161 cm³/mol. The van der Waals surface area contributed by atoms with E-state index in [-0.39, 0.29) is 13.0 Å². The summed E-state index contributed by atoms with van der Waals surface area (Å²) in [6.45, 7) is 4.24. The Morgan fingerprint density at radius 2 is 1.57 bits per heavy atom. The standard InChI is InChI=1S/C33H37ClF6N2O4/c1-31(2,3)46-30(45)23(13-15-33(38,39)40)22(12-14-32(35,36)37)29(44)41-26-18-42(21-7-4-6-20(16-21)19-10-11-19)27-9-5-8-25(34)24(27)17-28(26)43/h4-9,16,19,22-23,26H,10-15,17-18H2,1-3H3,(H,41,44)/t22-,23+,26+/m1/s1. The number of nitrogens with zero attached hydrogens (tertiary/aromatic N) is 1. The highest BCUT2D eigenvalue weighted by molar-refractivity contribution is 6.32. The lowest BCUT2D eigenvalue weighted by molar-refractivity contribution is -0.171. The Morgan fingerprint density at radius 1 is 0.957 bits per heavy atom. The van der Waals surface area contributed by atoms with Crippen LogP contribution in [0.5, 0.6) is 0 Å². The summed E-state index contributed by atoms with van der Waals surface area (Å²) in [5.41, 5.74) is 1.71. The molecule has 1 saturated carbocycles. The third kappa shape index (κ3) is 9.86. The molecular weight excluding hydrogens is 638 g/mol. The number of halogens is 7. The minimum Gasteiger partial charge on any atom is -0.460 e. The number of carbonyl (C=O) groups is 3.